The summed E-state index contributed by atoms with van der Waals surface area (Å²) in [5.41, 5.74) is 0.453. The molecule has 1 unspecified atom stereocenters. The van der Waals surface area contributed by atoms with Crippen molar-refractivity contribution >= 4 is 12.6 Å². The molecule has 0 aliphatic carbocycles. The van der Waals surface area contributed by atoms with E-state index in [2.05, 4.69) is 0 Å². The predicted molar refractivity (Wildman–Crippen MR) is 55.9 cm³/mol. The van der Waals surface area contributed by atoms with Gasteiger partial charge in [-0.05, 0) is 24.0 Å². The molecule has 80 valence electrons. The number of rotatable bonds is 3. The van der Waals surface area contributed by atoms with E-state index in [4.69, 9.17) is 19.5 Å². The maximum atomic E-state index is 8.89. The van der Waals surface area contributed by atoms with Gasteiger partial charge >= 0.3 is 7.12 Å². The van der Waals surface area contributed by atoms with Gasteiger partial charge in [-0.25, -0.2) is 0 Å². The average Bonchev–Trinajstić information content (AvgIpc) is 2.71. The van der Waals surface area contributed by atoms with Gasteiger partial charge in [-0.15, -0.1) is 0 Å². The Labute approximate surface area is 88.6 Å². The molecule has 15 heavy (non-hydrogen) atoms. The highest BCUT2D eigenvalue weighted by molar-refractivity contribution is 6.58. The highest BCUT2D eigenvalue weighted by Gasteiger charge is 2.17. The lowest BCUT2D eigenvalue weighted by Gasteiger charge is -2.12. The lowest BCUT2D eigenvalue weighted by molar-refractivity contribution is -0.0390. The van der Waals surface area contributed by atoms with Crippen LogP contribution in [0.5, 0.6) is 5.75 Å². The smallest absolute Gasteiger partial charge is 0.465 e. The van der Waals surface area contributed by atoms with Crippen molar-refractivity contribution in [1.82, 2.24) is 0 Å². The summed E-state index contributed by atoms with van der Waals surface area (Å²) in [5, 5.41) is 17.8. The van der Waals surface area contributed by atoms with Gasteiger partial charge in [0, 0.05) is 6.42 Å². The van der Waals surface area contributed by atoms with Crippen molar-refractivity contribution < 1.29 is 19.5 Å². The largest absolute Gasteiger partial charge is 0.488 e. The van der Waals surface area contributed by atoms with Crippen molar-refractivity contribution in [2.45, 2.75) is 19.1 Å². The Morgan fingerprint density at radius 2 is 2.00 bits per heavy atom. The van der Waals surface area contributed by atoms with Crippen LogP contribution in [0.15, 0.2) is 24.3 Å². The monoisotopic (exact) mass is 208 g/mol. The Kier molecular flexibility index (Phi) is 3.25. The third kappa shape index (κ3) is 2.71. The van der Waals surface area contributed by atoms with Gasteiger partial charge in [-0.3, -0.25) is 0 Å². The average molecular weight is 208 g/mol. The minimum Gasteiger partial charge on any atom is -0.465 e. The molecule has 0 aromatic heterocycles. The second-order valence-electron chi connectivity index (χ2n) is 3.50. The number of ether oxygens (including phenoxy) is 2. The molecular weight excluding hydrogens is 195 g/mol. The molecular formula is C10H13BO4. The lowest BCUT2D eigenvalue weighted by atomic mass is 9.80. The van der Waals surface area contributed by atoms with Crippen molar-refractivity contribution in [2.24, 2.45) is 0 Å². The van der Waals surface area contributed by atoms with Crippen LogP contribution in [-0.2, 0) is 4.74 Å². The van der Waals surface area contributed by atoms with Crippen LogP contribution in [0, 0.1) is 0 Å². The first-order valence-electron chi connectivity index (χ1n) is 5.00. The van der Waals surface area contributed by atoms with Crippen molar-refractivity contribution in [2.75, 3.05) is 6.61 Å². The van der Waals surface area contributed by atoms with Crippen LogP contribution < -0.4 is 10.2 Å². The second-order valence-corrected chi connectivity index (χ2v) is 3.50. The van der Waals surface area contributed by atoms with Gasteiger partial charge in [0.2, 0.25) is 0 Å². The van der Waals surface area contributed by atoms with Gasteiger partial charge in [-0.2, -0.15) is 0 Å². The highest BCUT2D eigenvalue weighted by atomic mass is 16.7. The third-order valence-electron chi connectivity index (χ3n) is 2.33. The molecule has 1 aliphatic heterocycles. The maximum absolute atomic E-state index is 8.89. The third-order valence-corrected chi connectivity index (χ3v) is 2.33. The van der Waals surface area contributed by atoms with Crippen LogP contribution in [0.3, 0.4) is 0 Å². The Hall–Kier alpha value is -1.04. The maximum Gasteiger partial charge on any atom is 0.488 e. The second kappa shape index (κ2) is 4.66. The molecule has 1 aliphatic rings. The van der Waals surface area contributed by atoms with Gasteiger partial charge in [0.25, 0.3) is 0 Å². The molecule has 5 heteroatoms. The molecule has 0 amide bonds. The Bertz CT molecular complexity index is 306. The quantitative estimate of drug-likeness (QED) is 0.680. The first-order chi connectivity index (χ1) is 7.25. The number of benzene rings is 1. The summed E-state index contributed by atoms with van der Waals surface area (Å²) in [6, 6.07) is 6.65. The van der Waals surface area contributed by atoms with E-state index in [1.54, 1.807) is 24.3 Å². The SMILES string of the molecule is OB(O)c1ccc(OC2CCCO2)cc1. The highest BCUT2D eigenvalue weighted by Crippen LogP contribution is 2.17. The van der Waals surface area contributed by atoms with Crippen LogP contribution in [0.4, 0.5) is 0 Å². The Morgan fingerprint density at radius 1 is 1.27 bits per heavy atom. The fourth-order valence-electron chi connectivity index (χ4n) is 1.51. The van der Waals surface area contributed by atoms with E-state index in [0.29, 0.717) is 11.2 Å². The fourth-order valence-corrected chi connectivity index (χ4v) is 1.51. The predicted octanol–water partition coefficient (Wildman–Crippen LogP) is -0.118. The summed E-state index contributed by atoms with van der Waals surface area (Å²) in [4.78, 5) is 0. The minimum absolute atomic E-state index is 0.158. The number of hydrogen-bond donors (Lipinski definition) is 2. The van der Waals surface area contributed by atoms with E-state index in [-0.39, 0.29) is 6.29 Å². The molecule has 1 heterocycles. The Morgan fingerprint density at radius 3 is 2.53 bits per heavy atom. The van der Waals surface area contributed by atoms with Gasteiger partial charge < -0.3 is 19.5 Å². The molecule has 1 aromatic rings. The van der Waals surface area contributed by atoms with E-state index < -0.39 is 7.12 Å². The van der Waals surface area contributed by atoms with Crippen LogP contribution in [0.1, 0.15) is 12.8 Å². The summed E-state index contributed by atoms with van der Waals surface area (Å²) in [7, 11) is -1.43. The van der Waals surface area contributed by atoms with Gasteiger partial charge in [0.1, 0.15) is 5.75 Å². The summed E-state index contributed by atoms with van der Waals surface area (Å²) in [6.07, 6.45) is 1.78. The van der Waals surface area contributed by atoms with Crippen LogP contribution in [0.25, 0.3) is 0 Å². The van der Waals surface area contributed by atoms with Crippen molar-refractivity contribution in [1.29, 1.82) is 0 Å². The Balaban J connectivity index is 1.97. The molecule has 0 radical (unpaired) electrons. The van der Waals surface area contributed by atoms with E-state index in [9.17, 15) is 0 Å². The number of hydrogen-bond acceptors (Lipinski definition) is 4. The topological polar surface area (TPSA) is 58.9 Å². The van der Waals surface area contributed by atoms with Crippen molar-refractivity contribution in [3.63, 3.8) is 0 Å². The molecule has 1 atom stereocenters. The molecule has 2 N–H and O–H groups in total. The van der Waals surface area contributed by atoms with E-state index in [1.807, 2.05) is 0 Å². The zero-order valence-corrected chi connectivity index (χ0v) is 8.30. The normalized spacial score (nSPS) is 20.3. The molecule has 4 nitrogen and oxygen atoms in total. The molecule has 0 spiro atoms. The molecule has 0 saturated carbocycles. The zero-order chi connectivity index (χ0) is 10.7. The molecule has 1 aromatic carbocycles. The molecule has 0 bridgehead atoms. The summed E-state index contributed by atoms with van der Waals surface area (Å²) < 4.78 is 10.8. The lowest BCUT2D eigenvalue weighted by Crippen LogP contribution is -2.29. The first-order valence-corrected chi connectivity index (χ1v) is 5.00. The minimum atomic E-state index is -1.43. The van der Waals surface area contributed by atoms with Gasteiger partial charge in [0.05, 0.1) is 6.61 Å². The van der Waals surface area contributed by atoms with E-state index in [0.717, 1.165) is 19.4 Å². The molecule has 1 fully saturated rings. The standard InChI is InChI=1S/C10H13BO4/c12-11(13)8-3-5-9(6-4-8)15-10-2-1-7-14-10/h3-6,10,12-13H,1-2,7H2. The fraction of sp³-hybridized carbons (Fsp3) is 0.400. The van der Waals surface area contributed by atoms with E-state index >= 15 is 0 Å². The molecule has 1 saturated heterocycles. The summed E-state index contributed by atoms with van der Waals surface area (Å²) in [5.74, 6) is 0.686. The van der Waals surface area contributed by atoms with Crippen molar-refractivity contribution in [3.05, 3.63) is 24.3 Å². The van der Waals surface area contributed by atoms with Crippen LogP contribution in [0.2, 0.25) is 0 Å². The first kappa shape index (κ1) is 10.5. The van der Waals surface area contributed by atoms with Gasteiger partial charge in [0.15, 0.2) is 6.29 Å². The van der Waals surface area contributed by atoms with Gasteiger partial charge in [-0.1, -0.05) is 12.1 Å². The van der Waals surface area contributed by atoms with E-state index in [1.165, 1.54) is 0 Å². The molecule has 2 rings (SSSR count). The zero-order valence-electron chi connectivity index (χ0n) is 8.30. The van der Waals surface area contributed by atoms with Crippen molar-refractivity contribution in [3.8, 4) is 5.75 Å². The summed E-state index contributed by atoms with van der Waals surface area (Å²) in [6.45, 7) is 0.748. The van der Waals surface area contributed by atoms with Crippen LogP contribution >= 0.6 is 0 Å². The van der Waals surface area contributed by atoms with Crippen LogP contribution in [-0.4, -0.2) is 30.1 Å². The summed E-state index contributed by atoms with van der Waals surface area (Å²) >= 11 is 0.